The molecular formula is C17H15F2NO2. The molecule has 0 aliphatic carbocycles. The maximum absolute atomic E-state index is 14.1. The van der Waals surface area contributed by atoms with Gasteiger partial charge in [0.1, 0.15) is 6.04 Å². The number of ether oxygens (including phenoxy) is 1. The van der Waals surface area contributed by atoms with E-state index in [-0.39, 0.29) is 0 Å². The standard InChI is InChI=1S/C17H15F2NO2/c1-22-15(13-10-6-3-7-11-13)20-14(17(18,19)16(20)21)12-8-4-2-5-9-12/h2-11,14-15H,1H3/t14-,15+/m0/s1. The van der Waals surface area contributed by atoms with E-state index < -0.39 is 24.1 Å². The number of halogens is 2. The molecule has 0 radical (unpaired) electrons. The summed E-state index contributed by atoms with van der Waals surface area (Å²) in [5.41, 5.74) is 1.06. The monoisotopic (exact) mass is 303 g/mol. The van der Waals surface area contributed by atoms with Crippen LogP contribution in [0.15, 0.2) is 60.7 Å². The van der Waals surface area contributed by atoms with Gasteiger partial charge in [0.15, 0.2) is 6.23 Å². The molecule has 1 aliphatic heterocycles. The van der Waals surface area contributed by atoms with Crippen LogP contribution in [0, 0.1) is 0 Å². The van der Waals surface area contributed by atoms with E-state index >= 15 is 0 Å². The maximum atomic E-state index is 14.1. The molecule has 1 amide bonds. The van der Waals surface area contributed by atoms with Gasteiger partial charge in [-0.05, 0) is 5.56 Å². The van der Waals surface area contributed by atoms with Crippen molar-refractivity contribution in [1.82, 2.24) is 4.90 Å². The van der Waals surface area contributed by atoms with Crippen LogP contribution in [0.3, 0.4) is 0 Å². The molecule has 3 nitrogen and oxygen atoms in total. The predicted octanol–water partition coefficient (Wildman–Crippen LogP) is 3.55. The van der Waals surface area contributed by atoms with Crippen LogP contribution >= 0.6 is 0 Å². The Labute approximate surface area is 127 Å². The van der Waals surface area contributed by atoms with Crippen LogP contribution in [-0.4, -0.2) is 23.8 Å². The highest BCUT2D eigenvalue weighted by Gasteiger charge is 2.66. The fourth-order valence-corrected chi connectivity index (χ4v) is 2.79. The van der Waals surface area contributed by atoms with Crippen molar-refractivity contribution in [2.45, 2.75) is 18.2 Å². The Balaban J connectivity index is 1.99. The van der Waals surface area contributed by atoms with Gasteiger partial charge in [0.2, 0.25) is 0 Å². The molecule has 0 saturated carbocycles. The van der Waals surface area contributed by atoms with Gasteiger partial charge in [0, 0.05) is 12.7 Å². The summed E-state index contributed by atoms with van der Waals surface area (Å²) in [4.78, 5) is 13.0. The van der Waals surface area contributed by atoms with Crippen LogP contribution in [0.25, 0.3) is 0 Å². The molecule has 114 valence electrons. The van der Waals surface area contributed by atoms with E-state index in [2.05, 4.69) is 0 Å². The van der Waals surface area contributed by atoms with Crippen molar-refractivity contribution < 1.29 is 18.3 Å². The Morgan fingerprint density at radius 1 is 1.05 bits per heavy atom. The van der Waals surface area contributed by atoms with Gasteiger partial charge in [0.25, 0.3) is 5.91 Å². The number of rotatable bonds is 4. The van der Waals surface area contributed by atoms with Gasteiger partial charge in [-0.1, -0.05) is 60.7 Å². The number of benzene rings is 2. The quantitative estimate of drug-likeness (QED) is 0.808. The molecule has 5 heteroatoms. The third-order valence-corrected chi connectivity index (χ3v) is 3.82. The molecule has 1 aliphatic rings. The number of carbonyl (C=O) groups is 1. The van der Waals surface area contributed by atoms with Crippen molar-refractivity contribution in [2.24, 2.45) is 0 Å². The molecular weight excluding hydrogens is 288 g/mol. The highest BCUT2D eigenvalue weighted by molar-refractivity contribution is 5.92. The van der Waals surface area contributed by atoms with Crippen LogP contribution < -0.4 is 0 Å². The molecule has 0 aromatic heterocycles. The van der Waals surface area contributed by atoms with E-state index in [9.17, 15) is 13.6 Å². The smallest absolute Gasteiger partial charge is 0.348 e. The van der Waals surface area contributed by atoms with Crippen molar-refractivity contribution in [1.29, 1.82) is 0 Å². The van der Waals surface area contributed by atoms with Gasteiger partial charge in [-0.15, -0.1) is 0 Å². The Hall–Kier alpha value is -2.27. The number of hydrogen-bond acceptors (Lipinski definition) is 2. The number of carbonyl (C=O) groups excluding carboxylic acids is 1. The first-order valence-electron chi connectivity index (χ1n) is 6.90. The van der Waals surface area contributed by atoms with Gasteiger partial charge < -0.3 is 4.74 Å². The largest absolute Gasteiger partial charge is 0.357 e. The average Bonchev–Trinajstić information content (AvgIpc) is 2.56. The zero-order chi connectivity index (χ0) is 15.7. The first kappa shape index (κ1) is 14.7. The first-order valence-corrected chi connectivity index (χ1v) is 6.90. The molecule has 1 fully saturated rings. The summed E-state index contributed by atoms with van der Waals surface area (Å²) in [5.74, 6) is -4.62. The topological polar surface area (TPSA) is 29.5 Å². The zero-order valence-corrected chi connectivity index (χ0v) is 11.9. The van der Waals surface area contributed by atoms with Crippen LogP contribution in [0.2, 0.25) is 0 Å². The lowest BCUT2D eigenvalue weighted by Crippen LogP contribution is -2.64. The Morgan fingerprint density at radius 3 is 2.14 bits per heavy atom. The number of β-lactam (4-membered cyclic amide) rings is 1. The average molecular weight is 303 g/mol. The van der Waals surface area contributed by atoms with Gasteiger partial charge in [-0.2, -0.15) is 8.78 Å². The van der Waals surface area contributed by atoms with Crippen molar-refractivity contribution >= 4 is 5.91 Å². The SMILES string of the molecule is CO[C@H](c1ccccc1)N1C(=O)C(F)(F)[C@@H]1c1ccccc1. The Morgan fingerprint density at radius 2 is 1.59 bits per heavy atom. The van der Waals surface area contributed by atoms with Crippen molar-refractivity contribution in [3.63, 3.8) is 0 Å². The molecule has 0 bridgehead atoms. The first-order chi connectivity index (χ1) is 10.6. The van der Waals surface area contributed by atoms with Gasteiger partial charge >= 0.3 is 5.92 Å². The Kier molecular flexibility index (Phi) is 3.66. The molecule has 0 unspecified atom stereocenters. The fourth-order valence-electron chi connectivity index (χ4n) is 2.79. The molecule has 2 aromatic carbocycles. The molecule has 1 saturated heterocycles. The summed E-state index contributed by atoms with van der Waals surface area (Å²) >= 11 is 0. The second kappa shape index (κ2) is 5.50. The number of amides is 1. The molecule has 2 atom stereocenters. The zero-order valence-electron chi connectivity index (χ0n) is 11.9. The molecule has 0 spiro atoms. The normalized spacial score (nSPS) is 21.3. The number of likely N-dealkylation sites (tertiary alicyclic amines) is 1. The molecule has 3 rings (SSSR count). The van der Waals surface area contributed by atoms with E-state index in [0.717, 1.165) is 4.90 Å². The molecule has 22 heavy (non-hydrogen) atoms. The minimum absolute atomic E-state index is 0.394. The van der Waals surface area contributed by atoms with Crippen LogP contribution in [0.5, 0.6) is 0 Å². The fraction of sp³-hybridized carbons (Fsp3) is 0.235. The highest BCUT2D eigenvalue weighted by Crippen LogP contribution is 2.51. The number of hydrogen-bond donors (Lipinski definition) is 0. The van der Waals surface area contributed by atoms with Crippen molar-refractivity contribution in [3.8, 4) is 0 Å². The van der Waals surface area contributed by atoms with E-state index in [0.29, 0.717) is 11.1 Å². The highest BCUT2D eigenvalue weighted by atomic mass is 19.3. The minimum atomic E-state index is -3.41. The second-order valence-electron chi connectivity index (χ2n) is 5.15. The Bertz CT molecular complexity index is 661. The lowest BCUT2D eigenvalue weighted by atomic mass is 9.88. The maximum Gasteiger partial charge on any atom is 0.348 e. The predicted molar refractivity (Wildman–Crippen MR) is 77.2 cm³/mol. The molecule has 1 heterocycles. The van der Waals surface area contributed by atoms with Crippen LogP contribution in [0.4, 0.5) is 8.78 Å². The summed E-state index contributed by atoms with van der Waals surface area (Å²) in [6.45, 7) is 0. The number of alkyl halides is 2. The summed E-state index contributed by atoms with van der Waals surface area (Å²) in [6, 6.07) is 15.8. The van der Waals surface area contributed by atoms with Gasteiger partial charge in [0.05, 0.1) is 0 Å². The number of methoxy groups -OCH3 is 1. The van der Waals surface area contributed by atoms with Crippen LogP contribution in [0.1, 0.15) is 23.4 Å². The summed E-state index contributed by atoms with van der Waals surface area (Å²) in [7, 11) is 1.41. The van der Waals surface area contributed by atoms with E-state index in [1.54, 1.807) is 54.6 Å². The van der Waals surface area contributed by atoms with Crippen molar-refractivity contribution in [3.05, 3.63) is 71.8 Å². The molecule has 0 N–H and O–H groups in total. The van der Waals surface area contributed by atoms with Crippen molar-refractivity contribution in [2.75, 3.05) is 7.11 Å². The van der Waals surface area contributed by atoms with Crippen LogP contribution in [-0.2, 0) is 9.53 Å². The lowest BCUT2D eigenvalue weighted by Gasteiger charge is -2.49. The summed E-state index contributed by atoms with van der Waals surface area (Å²) < 4.78 is 33.5. The van der Waals surface area contributed by atoms with Gasteiger partial charge in [-0.25, -0.2) is 0 Å². The second-order valence-corrected chi connectivity index (χ2v) is 5.15. The van der Waals surface area contributed by atoms with E-state index in [1.807, 2.05) is 6.07 Å². The summed E-state index contributed by atoms with van der Waals surface area (Å²) in [5, 5.41) is 0. The lowest BCUT2D eigenvalue weighted by molar-refractivity contribution is -0.233. The summed E-state index contributed by atoms with van der Waals surface area (Å²) in [6.07, 6.45) is -0.835. The van der Waals surface area contributed by atoms with E-state index in [1.165, 1.54) is 7.11 Å². The third kappa shape index (κ3) is 2.18. The number of nitrogens with zero attached hydrogens (tertiary/aromatic N) is 1. The minimum Gasteiger partial charge on any atom is -0.357 e. The third-order valence-electron chi connectivity index (χ3n) is 3.82. The van der Waals surface area contributed by atoms with E-state index in [4.69, 9.17) is 4.74 Å². The molecule has 2 aromatic rings. The van der Waals surface area contributed by atoms with Gasteiger partial charge in [-0.3, -0.25) is 9.69 Å².